The van der Waals surface area contributed by atoms with Crippen LogP contribution in [0.4, 0.5) is 0 Å². The zero-order valence-electron chi connectivity index (χ0n) is 28.6. The maximum Gasteiger partial charge on any atom is 0.151 e. The highest BCUT2D eigenvalue weighted by Gasteiger charge is 2.32. The predicted molar refractivity (Wildman–Crippen MR) is 177 cm³/mol. The van der Waals surface area contributed by atoms with Crippen molar-refractivity contribution in [3.05, 3.63) is 0 Å². The largest absolute Gasteiger partial charge is 0.302 e. The van der Waals surface area contributed by atoms with Crippen LogP contribution in [0.25, 0.3) is 0 Å². The summed E-state index contributed by atoms with van der Waals surface area (Å²) in [6, 6.07) is -0.361. The van der Waals surface area contributed by atoms with Crippen LogP contribution in [0, 0.1) is 22.7 Å². The first-order valence-electron chi connectivity index (χ1n) is 14.4. The quantitative estimate of drug-likeness (QED) is 0.229. The van der Waals surface area contributed by atoms with Crippen LogP contribution in [0.5, 0.6) is 0 Å². The summed E-state index contributed by atoms with van der Waals surface area (Å²) in [6.07, 6.45) is 4.64. The number of hydrogen-bond acceptors (Lipinski definition) is 8. The Kier molecular flexibility index (Phi) is 18.1. The predicted octanol–water partition coefficient (Wildman–Crippen LogP) is 6.63. The fraction of sp³-hybridized carbons (Fsp3) is 0.875. The molecule has 0 aliphatic heterocycles. The van der Waals surface area contributed by atoms with Crippen molar-refractivity contribution in [3.8, 4) is 0 Å². The average molecular weight is 603 g/mol. The Morgan fingerprint density at radius 2 is 0.800 bits per heavy atom. The zero-order valence-corrected chi connectivity index (χ0v) is 30.2. The maximum absolute atomic E-state index is 12.4. The van der Waals surface area contributed by atoms with E-state index in [4.69, 9.17) is 0 Å². The van der Waals surface area contributed by atoms with Gasteiger partial charge in [-0.25, -0.2) is 0 Å². The third kappa shape index (κ3) is 18.7. The Bertz CT molecular complexity index is 747. The number of hydrogen-bond donors (Lipinski definition) is 2. The molecule has 2 N–H and O–H groups in total. The van der Waals surface area contributed by atoms with Crippen molar-refractivity contribution < 1.29 is 19.2 Å². The van der Waals surface area contributed by atoms with Gasteiger partial charge in [0.25, 0.3) is 0 Å². The van der Waals surface area contributed by atoms with Gasteiger partial charge in [0.15, 0.2) is 11.6 Å². The van der Waals surface area contributed by atoms with Crippen molar-refractivity contribution >= 4 is 46.7 Å². The molecule has 4 atom stereocenters. The lowest BCUT2D eigenvalue weighted by Gasteiger charge is -2.28. The average Bonchev–Trinajstić information content (AvgIpc) is 2.74. The van der Waals surface area contributed by atoms with Gasteiger partial charge in [0.1, 0.15) is 11.6 Å². The third-order valence-corrected chi connectivity index (χ3v) is 7.38. The molecule has 0 aliphatic rings. The summed E-state index contributed by atoms with van der Waals surface area (Å²) in [7, 11) is 0. The van der Waals surface area contributed by atoms with Gasteiger partial charge in [0.05, 0.1) is 12.1 Å². The minimum Gasteiger partial charge on any atom is -0.302 e. The molecule has 0 radical (unpaired) electrons. The second-order valence-corrected chi connectivity index (χ2v) is 17.0. The summed E-state index contributed by atoms with van der Waals surface area (Å²) < 4.78 is 0. The summed E-state index contributed by atoms with van der Waals surface area (Å²) in [5, 5.41) is 6.72. The highest BCUT2D eigenvalue weighted by atomic mass is 32.2. The summed E-state index contributed by atoms with van der Waals surface area (Å²) in [4.78, 5) is 49.2. The molecular formula is C32H62N2O4S2. The molecule has 0 saturated heterocycles. The first-order chi connectivity index (χ1) is 17.8. The van der Waals surface area contributed by atoms with Crippen molar-refractivity contribution in [1.29, 1.82) is 0 Å². The van der Waals surface area contributed by atoms with Crippen molar-refractivity contribution in [2.45, 2.75) is 133 Å². The van der Waals surface area contributed by atoms with Crippen LogP contribution in [-0.4, -0.2) is 70.3 Å². The number of carbonyl (C=O) groups is 4. The third-order valence-electron chi connectivity index (χ3n) is 6.05. The van der Waals surface area contributed by atoms with E-state index in [9.17, 15) is 19.2 Å². The van der Waals surface area contributed by atoms with Crippen LogP contribution in [0.1, 0.15) is 110 Å². The normalized spacial score (nSPS) is 15.8. The fourth-order valence-corrected chi connectivity index (χ4v) is 5.57. The molecule has 0 rings (SSSR count). The molecule has 8 heteroatoms. The van der Waals surface area contributed by atoms with Crippen molar-refractivity contribution in [2.75, 3.05) is 24.0 Å². The van der Waals surface area contributed by atoms with Crippen LogP contribution < -0.4 is 10.6 Å². The summed E-state index contributed by atoms with van der Waals surface area (Å²) >= 11 is 3.30. The summed E-state index contributed by atoms with van der Waals surface area (Å²) in [5.41, 5.74) is -0.973. The molecule has 6 nitrogen and oxygen atoms in total. The lowest BCUT2D eigenvalue weighted by molar-refractivity contribution is -0.133. The molecule has 0 aromatic carbocycles. The second-order valence-electron chi connectivity index (χ2n) is 15.2. The monoisotopic (exact) mass is 602 g/mol. The van der Waals surface area contributed by atoms with Crippen LogP contribution in [0.3, 0.4) is 0 Å². The molecule has 0 saturated carbocycles. The van der Waals surface area contributed by atoms with Gasteiger partial charge in [-0.05, 0) is 54.1 Å². The Balaban J connectivity index is 0. The van der Waals surface area contributed by atoms with E-state index in [1.165, 1.54) is 0 Å². The van der Waals surface area contributed by atoms with E-state index in [1.807, 2.05) is 67.9 Å². The number of ketones is 4. The van der Waals surface area contributed by atoms with E-state index >= 15 is 0 Å². The van der Waals surface area contributed by atoms with Gasteiger partial charge in [-0.3, -0.25) is 19.2 Å². The van der Waals surface area contributed by atoms with E-state index in [0.29, 0.717) is 12.8 Å². The fourth-order valence-electron chi connectivity index (χ4n) is 4.36. The van der Waals surface area contributed by atoms with Gasteiger partial charge in [0.2, 0.25) is 0 Å². The van der Waals surface area contributed by atoms with Crippen molar-refractivity contribution in [2.24, 2.45) is 22.7 Å². The Labute approximate surface area is 255 Å². The van der Waals surface area contributed by atoms with Gasteiger partial charge < -0.3 is 10.6 Å². The Morgan fingerprint density at radius 3 is 0.975 bits per heavy atom. The van der Waals surface area contributed by atoms with Gasteiger partial charge in [0, 0.05) is 58.1 Å². The zero-order chi connectivity index (χ0) is 32.3. The molecule has 236 valence electrons. The molecule has 0 amide bonds. The lowest BCUT2D eigenvalue weighted by atomic mass is 9.81. The Morgan fingerprint density at radius 1 is 0.550 bits per heavy atom. The highest BCUT2D eigenvalue weighted by molar-refractivity contribution is 7.98. The minimum atomic E-state index is -0.383. The number of nitrogens with one attached hydrogen (secondary N) is 2. The van der Waals surface area contributed by atoms with Gasteiger partial charge in [-0.2, -0.15) is 23.5 Å². The molecule has 0 aromatic rings. The highest BCUT2D eigenvalue weighted by Crippen LogP contribution is 2.24. The molecular weight excluding hydrogens is 540 g/mol. The number of carbonyl (C=O) groups excluding carboxylic acids is 4. The van der Waals surface area contributed by atoms with Crippen LogP contribution >= 0.6 is 23.5 Å². The van der Waals surface area contributed by atoms with E-state index in [0.717, 1.165) is 11.5 Å². The van der Waals surface area contributed by atoms with E-state index in [1.54, 1.807) is 23.5 Å². The molecule has 40 heavy (non-hydrogen) atoms. The Hall–Kier alpha value is -0.700. The van der Waals surface area contributed by atoms with Crippen LogP contribution in [-0.2, 0) is 19.2 Å². The first-order valence-corrected chi connectivity index (χ1v) is 17.2. The van der Waals surface area contributed by atoms with Crippen LogP contribution in [0.2, 0.25) is 0 Å². The number of Topliss-reactive ketones (excluding diaryl/α,β-unsaturated/α-hetero) is 4. The van der Waals surface area contributed by atoms with Crippen LogP contribution in [0.15, 0.2) is 0 Å². The molecule has 0 bridgehead atoms. The van der Waals surface area contributed by atoms with Crippen molar-refractivity contribution in [3.63, 3.8) is 0 Å². The van der Waals surface area contributed by atoms with E-state index in [2.05, 4.69) is 52.2 Å². The molecule has 0 heterocycles. The molecule has 0 spiro atoms. The molecule has 0 fully saturated rings. The standard InChI is InChI=1S/2C16H31NO2S/c2*1-11(14(19)15(2,3)4)9-13(18)12(10-20-8)17-16(5,6)7/h2*11-12,17H,9-10H2,1-8H3/t11-,12+;/m1./s1. The SMILES string of the molecule is CSCC(NC(C)(C)C)C(=O)CC(C)C(=O)C(C)(C)C.CSC[C@H](NC(C)(C)C)C(=O)C[C@@H](C)C(=O)C(C)(C)C. The minimum absolute atomic E-state index is 0.104. The lowest BCUT2D eigenvalue weighted by Crippen LogP contribution is -2.49. The van der Waals surface area contributed by atoms with Crippen molar-refractivity contribution in [1.82, 2.24) is 10.6 Å². The van der Waals surface area contributed by atoms with Gasteiger partial charge in [-0.1, -0.05) is 55.4 Å². The summed E-state index contributed by atoms with van der Waals surface area (Å²) in [6.45, 7) is 27.5. The van der Waals surface area contributed by atoms with E-state index in [-0.39, 0.29) is 69.0 Å². The molecule has 0 aromatic heterocycles. The second kappa shape index (κ2) is 17.4. The smallest absolute Gasteiger partial charge is 0.151 e. The van der Waals surface area contributed by atoms with Gasteiger partial charge >= 0.3 is 0 Å². The number of rotatable bonds is 14. The maximum atomic E-state index is 12.4. The van der Waals surface area contributed by atoms with Gasteiger partial charge in [-0.15, -0.1) is 0 Å². The first kappa shape index (κ1) is 41.4. The topological polar surface area (TPSA) is 92.3 Å². The number of thioether (sulfide) groups is 2. The summed E-state index contributed by atoms with van der Waals surface area (Å²) in [5.74, 6) is 1.65. The van der Waals surface area contributed by atoms with E-state index < -0.39 is 0 Å². The molecule has 2 unspecified atom stereocenters. The molecule has 0 aliphatic carbocycles.